The fourth-order valence-corrected chi connectivity index (χ4v) is 3.68. The van der Waals surface area contributed by atoms with E-state index >= 15 is 0 Å². The summed E-state index contributed by atoms with van der Waals surface area (Å²) < 4.78 is 13.9. The molecule has 0 radical (unpaired) electrons. The molecule has 0 atom stereocenters. The number of benzene rings is 1. The van der Waals surface area contributed by atoms with E-state index in [1.165, 1.54) is 49.7 Å². The first-order valence-corrected chi connectivity index (χ1v) is 9.36. The second-order valence-electron chi connectivity index (χ2n) is 7.03. The average Bonchev–Trinajstić information content (AvgIpc) is 2.82. The number of carbonyl (C=O) groups is 1. The van der Waals surface area contributed by atoms with Crippen molar-refractivity contribution in [1.82, 2.24) is 15.2 Å². The Morgan fingerprint density at radius 1 is 1.27 bits per heavy atom. The molecule has 0 spiro atoms. The van der Waals surface area contributed by atoms with Gasteiger partial charge in [-0.25, -0.2) is 4.98 Å². The molecule has 2 aliphatic rings. The lowest BCUT2D eigenvalue weighted by Crippen LogP contribution is -2.41. The molecule has 1 fully saturated rings. The predicted octanol–water partition coefficient (Wildman–Crippen LogP) is 3.19. The highest BCUT2D eigenvalue weighted by Crippen LogP contribution is 2.29. The van der Waals surface area contributed by atoms with Gasteiger partial charge in [0.15, 0.2) is 0 Å². The summed E-state index contributed by atoms with van der Waals surface area (Å²) in [6, 6.07) is 8.58. The topological polar surface area (TPSA) is 54.5 Å². The zero-order chi connectivity index (χ0) is 18.8. The standard InChI is InChI=1S/C21H25N3O2/c1-22-21(25)17-6-8-20(23-14-17)26-19-7-5-15-9-11-24(18-3-2-4-18)12-10-16(15)13-19/h5-8,13-14,18H,2-4,9-12H2,1H3,(H,22,25)/i6D. The molecule has 2 aromatic rings. The maximum absolute atomic E-state index is 11.7. The van der Waals surface area contributed by atoms with Crippen LogP contribution in [-0.2, 0) is 12.8 Å². The summed E-state index contributed by atoms with van der Waals surface area (Å²) in [5, 5.41) is 2.51. The number of rotatable bonds is 4. The van der Waals surface area contributed by atoms with Crippen LogP contribution in [0.3, 0.4) is 0 Å². The van der Waals surface area contributed by atoms with E-state index in [2.05, 4.69) is 27.3 Å². The molecular formula is C21H25N3O2. The highest BCUT2D eigenvalue weighted by Gasteiger charge is 2.26. The van der Waals surface area contributed by atoms with Crippen molar-refractivity contribution in [2.75, 3.05) is 20.1 Å². The van der Waals surface area contributed by atoms with Crippen molar-refractivity contribution in [2.24, 2.45) is 0 Å². The molecule has 2 heterocycles. The van der Waals surface area contributed by atoms with Crippen LogP contribution >= 0.6 is 0 Å². The molecule has 4 rings (SSSR count). The predicted molar refractivity (Wildman–Crippen MR) is 101 cm³/mol. The van der Waals surface area contributed by atoms with Crippen LogP contribution in [0.1, 0.15) is 42.1 Å². The molecule has 0 saturated heterocycles. The van der Waals surface area contributed by atoms with Crippen LogP contribution in [0.25, 0.3) is 0 Å². The summed E-state index contributed by atoms with van der Waals surface area (Å²) in [7, 11) is 1.54. The number of ether oxygens (including phenoxy) is 1. The third-order valence-corrected chi connectivity index (χ3v) is 5.47. The van der Waals surface area contributed by atoms with Gasteiger partial charge in [0.25, 0.3) is 5.91 Å². The molecule has 1 saturated carbocycles. The van der Waals surface area contributed by atoms with Gasteiger partial charge in [-0.3, -0.25) is 9.69 Å². The Kier molecular flexibility index (Phi) is 4.54. The highest BCUT2D eigenvalue weighted by molar-refractivity contribution is 5.93. The second kappa shape index (κ2) is 7.46. The molecule has 1 aliphatic carbocycles. The monoisotopic (exact) mass is 352 g/mol. The van der Waals surface area contributed by atoms with Gasteiger partial charge in [-0.1, -0.05) is 12.5 Å². The number of fused-ring (bicyclic) bond motifs is 1. The Bertz CT molecular complexity index is 851. The van der Waals surface area contributed by atoms with E-state index in [0.29, 0.717) is 5.88 Å². The SMILES string of the molecule is [2H]c1cc(Oc2ccc3c(c2)CCN(C2CCC2)CC3)ncc1C(=O)NC. The van der Waals surface area contributed by atoms with E-state index in [1.807, 2.05) is 6.07 Å². The molecule has 0 unspecified atom stereocenters. The number of nitrogens with zero attached hydrogens (tertiary/aromatic N) is 2. The fraction of sp³-hybridized carbons (Fsp3) is 0.429. The molecule has 1 aliphatic heterocycles. The summed E-state index contributed by atoms with van der Waals surface area (Å²) in [6.45, 7) is 2.25. The van der Waals surface area contributed by atoms with E-state index in [-0.39, 0.29) is 17.5 Å². The highest BCUT2D eigenvalue weighted by atomic mass is 16.5. The molecule has 136 valence electrons. The number of amides is 1. The third-order valence-electron chi connectivity index (χ3n) is 5.47. The van der Waals surface area contributed by atoms with Crippen LogP contribution in [0.4, 0.5) is 0 Å². The number of pyridine rings is 1. The van der Waals surface area contributed by atoms with Gasteiger partial charge in [-0.05, 0) is 55.0 Å². The van der Waals surface area contributed by atoms with E-state index in [0.717, 1.165) is 37.7 Å². The van der Waals surface area contributed by atoms with Gasteiger partial charge < -0.3 is 10.1 Å². The Morgan fingerprint density at radius 2 is 2.08 bits per heavy atom. The summed E-state index contributed by atoms with van der Waals surface area (Å²) in [5.41, 5.74) is 2.97. The quantitative estimate of drug-likeness (QED) is 0.918. The lowest BCUT2D eigenvalue weighted by Gasteiger charge is -2.36. The van der Waals surface area contributed by atoms with Crippen LogP contribution in [0.5, 0.6) is 11.6 Å². The van der Waals surface area contributed by atoms with E-state index < -0.39 is 0 Å². The number of hydrogen-bond acceptors (Lipinski definition) is 4. The second-order valence-corrected chi connectivity index (χ2v) is 7.03. The molecule has 1 N–H and O–H groups in total. The first-order valence-electron chi connectivity index (χ1n) is 9.86. The van der Waals surface area contributed by atoms with Crippen LogP contribution in [0.2, 0.25) is 0 Å². The van der Waals surface area contributed by atoms with Gasteiger partial charge in [-0.15, -0.1) is 0 Å². The van der Waals surface area contributed by atoms with Crippen molar-refractivity contribution in [3.63, 3.8) is 0 Å². The Morgan fingerprint density at radius 3 is 2.77 bits per heavy atom. The third kappa shape index (κ3) is 3.58. The van der Waals surface area contributed by atoms with Gasteiger partial charge >= 0.3 is 0 Å². The van der Waals surface area contributed by atoms with Crippen molar-refractivity contribution in [3.8, 4) is 11.6 Å². The minimum Gasteiger partial charge on any atom is -0.439 e. The molecule has 1 aromatic carbocycles. The lowest BCUT2D eigenvalue weighted by molar-refractivity contribution is 0.0962. The Balaban J connectivity index is 1.47. The smallest absolute Gasteiger partial charge is 0.252 e. The van der Waals surface area contributed by atoms with Gasteiger partial charge in [-0.2, -0.15) is 0 Å². The molecule has 1 aromatic heterocycles. The summed E-state index contributed by atoms with van der Waals surface area (Å²) in [5.74, 6) is 0.739. The van der Waals surface area contributed by atoms with Crippen molar-refractivity contribution < 1.29 is 10.9 Å². The van der Waals surface area contributed by atoms with Crippen LogP contribution in [-0.4, -0.2) is 42.0 Å². The van der Waals surface area contributed by atoms with E-state index in [1.54, 1.807) is 0 Å². The van der Waals surface area contributed by atoms with Crippen LogP contribution in [0, 0.1) is 0 Å². The molecule has 5 nitrogen and oxygen atoms in total. The van der Waals surface area contributed by atoms with Gasteiger partial charge in [0.1, 0.15) is 5.75 Å². The largest absolute Gasteiger partial charge is 0.439 e. The first-order chi connectivity index (χ1) is 13.1. The molecule has 5 heteroatoms. The normalized spacial score (nSPS) is 18.3. The lowest BCUT2D eigenvalue weighted by atomic mass is 9.91. The van der Waals surface area contributed by atoms with E-state index in [4.69, 9.17) is 6.11 Å². The zero-order valence-corrected chi connectivity index (χ0v) is 15.1. The number of aromatic nitrogens is 1. The number of carbonyl (C=O) groups excluding carboxylic acids is 1. The van der Waals surface area contributed by atoms with Crippen LogP contribution < -0.4 is 10.1 Å². The minimum absolute atomic E-state index is 0.102. The van der Waals surface area contributed by atoms with Crippen LogP contribution in [0.15, 0.2) is 36.5 Å². The van der Waals surface area contributed by atoms with Gasteiger partial charge in [0.05, 0.1) is 6.93 Å². The Hall–Kier alpha value is -2.40. The fourth-order valence-electron chi connectivity index (χ4n) is 3.68. The number of hydrogen-bond donors (Lipinski definition) is 1. The zero-order valence-electron chi connectivity index (χ0n) is 16.1. The Labute approximate surface area is 155 Å². The summed E-state index contributed by atoms with van der Waals surface area (Å²) in [6.07, 6.45) is 7.57. The van der Waals surface area contributed by atoms with Crippen molar-refractivity contribution in [3.05, 3.63) is 53.2 Å². The molecule has 26 heavy (non-hydrogen) atoms. The molecule has 0 bridgehead atoms. The van der Waals surface area contributed by atoms with Crippen molar-refractivity contribution in [1.29, 1.82) is 0 Å². The number of nitrogens with one attached hydrogen (secondary N) is 1. The van der Waals surface area contributed by atoms with Crippen molar-refractivity contribution >= 4 is 5.91 Å². The first kappa shape index (κ1) is 15.8. The van der Waals surface area contributed by atoms with Gasteiger partial charge in [0, 0.05) is 38.4 Å². The summed E-state index contributed by atoms with van der Waals surface area (Å²) >= 11 is 0. The maximum atomic E-state index is 11.7. The van der Waals surface area contributed by atoms with E-state index in [9.17, 15) is 4.79 Å². The summed E-state index contributed by atoms with van der Waals surface area (Å²) in [4.78, 5) is 18.5. The minimum atomic E-state index is -0.319. The average molecular weight is 352 g/mol. The maximum Gasteiger partial charge on any atom is 0.252 e. The van der Waals surface area contributed by atoms with Crippen molar-refractivity contribution in [2.45, 2.75) is 38.1 Å². The van der Waals surface area contributed by atoms with Gasteiger partial charge in [0.2, 0.25) is 5.88 Å². The molecular weight excluding hydrogens is 326 g/mol. The molecule has 1 amide bonds.